The Labute approximate surface area is 149 Å². The molecule has 2 saturated heterocycles. The maximum Gasteiger partial charge on any atom is 0.315 e. The van der Waals surface area contributed by atoms with Crippen molar-refractivity contribution in [2.75, 3.05) is 39.5 Å². The molecule has 0 aromatic heterocycles. The number of amides is 2. The number of benzene rings is 1. The first-order valence-electron chi connectivity index (χ1n) is 9.27. The molecular weight excluding hydrogens is 318 g/mol. The van der Waals surface area contributed by atoms with E-state index in [1.54, 1.807) is 0 Å². The number of carbonyl (C=O) groups excluding carboxylic acids is 1. The van der Waals surface area contributed by atoms with Gasteiger partial charge in [-0.1, -0.05) is 30.3 Å². The lowest BCUT2D eigenvalue weighted by molar-refractivity contribution is 0.147. The summed E-state index contributed by atoms with van der Waals surface area (Å²) in [5.74, 6) is 0.670. The van der Waals surface area contributed by atoms with Crippen LogP contribution in [-0.2, 0) is 4.74 Å². The molecule has 3 rings (SSSR count). The molecule has 25 heavy (non-hydrogen) atoms. The van der Waals surface area contributed by atoms with Crippen LogP contribution in [-0.4, -0.2) is 61.5 Å². The van der Waals surface area contributed by atoms with Gasteiger partial charge in [0.05, 0.1) is 19.3 Å². The van der Waals surface area contributed by atoms with Crippen molar-refractivity contribution < 1.29 is 14.6 Å². The van der Waals surface area contributed by atoms with E-state index < -0.39 is 0 Å². The second-order valence-corrected chi connectivity index (χ2v) is 7.07. The van der Waals surface area contributed by atoms with Crippen LogP contribution in [0.2, 0.25) is 0 Å². The number of aliphatic hydroxyl groups excluding tert-OH is 1. The minimum atomic E-state index is -0.372. The lowest BCUT2D eigenvalue weighted by Crippen LogP contribution is -2.49. The first kappa shape index (κ1) is 18.2. The number of carbonyl (C=O) groups is 1. The van der Waals surface area contributed by atoms with Crippen LogP contribution in [0.15, 0.2) is 30.3 Å². The van der Waals surface area contributed by atoms with Crippen LogP contribution >= 0.6 is 0 Å². The van der Waals surface area contributed by atoms with Gasteiger partial charge in [0.15, 0.2) is 0 Å². The molecule has 0 radical (unpaired) electrons. The fourth-order valence-corrected chi connectivity index (χ4v) is 3.66. The van der Waals surface area contributed by atoms with Crippen LogP contribution in [0.25, 0.3) is 0 Å². The van der Waals surface area contributed by atoms with Gasteiger partial charge in [-0.05, 0) is 30.7 Å². The van der Waals surface area contributed by atoms with Crippen molar-refractivity contribution in [1.29, 1.82) is 0 Å². The topological polar surface area (TPSA) is 73.8 Å². The van der Waals surface area contributed by atoms with Crippen molar-refractivity contribution in [3.8, 4) is 0 Å². The highest BCUT2D eigenvalue weighted by molar-refractivity contribution is 5.74. The maximum atomic E-state index is 12.3. The van der Waals surface area contributed by atoms with Gasteiger partial charge in [-0.3, -0.25) is 0 Å². The molecule has 2 heterocycles. The molecule has 6 heteroatoms. The molecule has 0 unspecified atom stereocenters. The molecule has 2 atom stereocenters. The molecular formula is C19H29N3O3. The van der Waals surface area contributed by atoms with Gasteiger partial charge < -0.3 is 25.4 Å². The minimum Gasteiger partial charge on any atom is -0.394 e. The summed E-state index contributed by atoms with van der Waals surface area (Å²) in [6, 6.07) is 9.17. The third-order valence-electron chi connectivity index (χ3n) is 5.15. The van der Waals surface area contributed by atoms with Gasteiger partial charge in [0.1, 0.15) is 0 Å². The molecule has 138 valence electrons. The number of nitrogens with zero attached hydrogens (tertiary/aromatic N) is 1. The number of piperidine rings is 1. The second-order valence-electron chi connectivity index (χ2n) is 7.07. The molecule has 0 aliphatic carbocycles. The highest BCUT2D eigenvalue weighted by Crippen LogP contribution is 2.18. The van der Waals surface area contributed by atoms with Crippen LogP contribution in [0.3, 0.4) is 0 Å². The summed E-state index contributed by atoms with van der Waals surface area (Å²) in [6.07, 6.45) is 3.11. The van der Waals surface area contributed by atoms with Gasteiger partial charge in [0.25, 0.3) is 0 Å². The summed E-state index contributed by atoms with van der Waals surface area (Å²) >= 11 is 0. The van der Waals surface area contributed by atoms with E-state index in [2.05, 4.69) is 15.5 Å². The Bertz CT molecular complexity index is 526. The fraction of sp³-hybridized carbons (Fsp3) is 0.632. The van der Waals surface area contributed by atoms with Gasteiger partial charge in [-0.25, -0.2) is 4.79 Å². The summed E-state index contributed by atoms with van der Waals surface area (Å²) in [5, 5.41) is 15.5. The fourth-order valence-electron chi connectivity index (χ4n) is 3.66. The highest BCUT2D eigenvalue weighted by Gasteiger charge is 2.25. The number of hydrogen-bond acceptors (Lipinski definition) is 4. The average molecular weight is 347 g/mol. The van der Waals surface area contributed by atoms with E-state index in [4.69, 9.17) is 4.74 Å². The van der Waals surface area contributed by atoms with Crippen molar-refractivity contribution >= 4 is 6.03 Å². The Balaban J connectivity index is 1.39. The molecule has 6 nitrogen and oxygen atoms in total. The van der Waals surface area contributed by atoms with E-state index in [0.29, 0.717) is 5.92 Å². The number of ether oxygens (including phenoxy) is 1. The van der Waals surface area contributed by atoms with E-state index in [9.17, 15) is 9.90 Å². The Morgan fingerprint density at radius 3 is 2.64 bits per heavy atom. The molecule has 0 saturated carbocycles. The van der Waals surface area contributed by atoms with Crippen molar-refractivity contribution in [2.45, 2.75) is 31.3 Å². The summed E-state index contributed by atoms with van der Waals surface area (Å²) in [4.78, 5) is 14.7. The number of urea groups is 1. The predicted molar refractivity (Wildman–Crippen MR) is 96.3 cm³/mol. The highest BCUT2D eigenvalue weighted by atomic mass is 16.5. The summed E-state index contributed by atoms with van der Waals surface area (Å²) in [5.41, 5.74) is 0.911. The third-order valence-corrected chi connectivity index (χ3v) is 5.15. The second kappa shape index (κ2) is 9.17. The van der Waals surface area contributed by atoms with Gasteiger partial charge in [-0.15, -0.1) is 0 Å². The lowest BCUT2D eigenvalue weighted by atomic mass is 10.0. The number of aliphatic hydroxyl groups is 1. The molecule has 1 aromatic rings. The number of nitrogens with one attached hydrogen (secondary N) is 2. The predicted octanol–water partition coefficient (Wildman–Crippen LogP) is 1.52. The SMILES string of the molecule is O=C(NC1CCN(C[C@H]2CCOC2)CC1)N[C@H](CO)c1ccccc1. The van der Waals surface area contributed by atoms with Crippen LogP contribution in [0.1, 0.15) is 30.9 Å². The minimum absolute atomic E-state index is 0.112. The zero-order chi connectivity index (χ0) is 17.5. The third kappa shape index (κ3) is 5.42. The maximum absolute atomic E-state index is 12.3. The van der Waals surface area contributed by atoms with Gasteiger partial charge in [-0.2, -0.15) is 0 Å². The monoisotopic (exact) mass is 347 g/mol. The van der Waals surface area contributed by atoms with Crippen LogP contribution in [0.4, 0.5) is 4.79 Å². The molecule has 2 amide bonds. The van der Waals surface area contributed by atoms with Gasteiger partial charge in [0, 0.05) is 32.3 Å². The van der Waals surface area contributed by atoms with Gasteiger partial charge in [0.2, 0.25) is 0 Å². The van der Waals surface area contributed by atoms with Crippen molar-refractivity contribution in [1.82, 2.24) is 15.5 Å². The van der Waals surface area contributed by atoms with Crippen molar-refractivity contribution in [3.05, 3.63) is 35.9 Å². The standard InChI is InChI=1S/C19H29N3O3/c23-13-18(16-4-2-1-3-5-16)21-19(24)20-17-6-9-22(10-7-17)12-15-8-11-25-14-15/h1-5,15,17-18,23H,6-14H2,(H2,20,21,24)/t15-,18-/m1/s1. The van der Waals surface area contributed by atoms with E-state index in [1.807, 2.05) is 30.3 Å². The van der Waals surface area contributed by atoms with E-state index in [-0.39, 0.29) is 24.7 Å². The smallest absolute Gasteiger partial charge is 0.315 e. The normalized spacial score (nSPS) is 23.3. The Morgan fingerprint density at radius 1 is 1.24 bits per heavy atom. The van der Waals surface area contributed by atoms with Crippen LogP contribution < -0.4 is 10.6 Å². The molecule has 2 aliphatic heterocycles. The number of likely N-dealkylation sites (tertiary alicyclic amines) is 1. The van der Waals surface area contributed by atoms with E-state index >= 15 is 0 Å². The molecule has 2 aliphatic rings. The molecule has 1 aromatic carbocycles. The lowest BCUT2D eigenvalue weighted by Gasteiger charge is -2.33. The summed E-state index contributed by atoms with van der Waals surface area (Å²) in [6.45, 7) is 4.82. The van der Waals surface area contributed by atoms with Crippen LogP contribution in [0.5, 0.6) is 0 Å². The average Bonchev–Trinajstić information content (AvgIpc) is 3.15. The number of hydrogen-bond donors (Lipinski definition) is 3. The van der Waals surface area contributed by atoms with E-state index in [0.717, 1.165) is 51.3 Å². The Morgan fingerprint density at radius 2 is 2.00 bits per heavy atom. The largest absolute Gasteiger partial charge is 0.394 e. The Hall–Kier alpha value is -1.63. The zero-order valence-corrected chi connectivity index (χ0v) is 14.7. The number of rotatable bonds is 6. The quantitative estimate of drug-likeness (QED) is 0.729. The van der Waals surface area contributed by atoms with E-state index in [1.165, 1.54) is 6.42 Å². The molecule has 0 bridgehead atoms. The van der Waals surface area contributed by atoms with Crippen molar-refractivity contribution in [3.63, 3.8) is 0 Å². The van der Waals surface area contributed by atoms with Gasteiger partial charge >= 0.3 is 6.03 Å². The first-order chi connectivity index (χ1) is 12.2. The molecule has 2 fully saturated rings. The Kier molecular flexibility index (Phi) is 6.67. The summed E-state index contributed by atoms with van der Waals surface area (Å²) in [7, 11) is 0. The van der Waals surface area contributed by atoms with Crippen molar-refractivity contribution in [2.24, 2.45) is 5.92 Å². The van der Waals surface area contributed by atoms with Crippen LogP contribution in [0, 0.1) is 5.92 Å². The zero-order valence-electron chi connectivity index (χ0n) is 14.7. The molecule has 0 spiro atoms. The first-order valence-corrected chi connectivity index (χ1v) is 9.27. The summed E-state index contributed by atoms with van der Waals surface area (Å²) < 4.78 is 5.44. The molecule has 3 N–H and O–H groups in total.